The van der Waals surface area contributed by atoms with Gasteiger partial charge in [0.2, 0.25) is 0 Å². The fourth-order valence-electron chi connectivity index (χ4n) is 2.01. The molecule has 0 aliphatic carbocycles. The van der Waals surface area contributed by atoms with Crippen molar-refractivity contribution in [3.63, 3.8) is 0 Å². The fourth-order valence-corrected chi connectivity index (χ4v) is 2.01. The Kier molecular flexibility index (Phi) is 6.33. The van der Waals surface area contributed by atoms with Gasteiger partial charge < -0.3 is 20.1 Å². The van der Waals surface area contributed by atoms with Crippen molar-refractivity contribution in [2.24, 2.45) is 5.92 Å². The monoisotopic (exact) mass is 347 g/mol. The lowest BCUT2D eigenvalue weighted by atomic mass is 10.2. The van der Waals surface area contributed by atoms with E-state index in [0.717, 1.165) is 5.75 Å². The summed E-state index contributed by atoms with van der Waals surface area (Å²) in [5, 5.41) is 18.3. The lowest BCUT2D eigenvalue weighted by Crippen LogP contribution is -2.40. The van der Waals surface area contributed by atoms with E-state index in [9.17, 15) is 9.59 Å². The van der Waals surface area contributed by atoms with Gasteiger partial charge in [-0.15, -0.1) is 0 Å². The van der Waals surface area contributed by atoms with E-state index in [0.29, 0.717) is 11.6 Å². The molecule has 2 aromatic rings. The third-order valence-corrected chi connectivity index (χ3v) is 3.41. The number of carboxylic acid groups (broad SMARTS) is 1. The van der Waals surface area contributed by atoms with Crippen molar-refractivity contribution in [1.82, 2.24) is 25.4 Å². The number of aromatic nitrogens is 3. The summed E-state index contributed by atoms with van der Waals surface area (Å²) < 4.78 is 5.55. The number of carbonyl (C=O) groups excluding carboxylic acids is 1. The number of benzene rings is 1. The highest BCUT2D eigenvalue weighted by atomic mass is 16.5. The predicted molar refractivity (Wildman–Crippen MR) is 88.8 cm³/mol. The van der Waals surface area contributed by atoms with Gasteiger partial charge in [0.15, 0.2) is 11.6 Å². The zero-order valence-corrected chi connectivity index (χ0v) is 14.1. The van der Waals surface area contributed by atoms with Gasteiger partial charge in [0.25, 0.3) is 0 Å². The summed E-state index contributed by atoms with van der Waals surface area (Å²) in [6.45, 7) is 2.03. The van der Waals surface area contributed by atoms with Crippen LogP contribution >= 0.6 is 0 Å². The average molecular weight is 347 g/mol. The van der Waals surface area contributed by atoms with Crippen LogP contribution in [-0.4, -0.2) is 50.8 Å². The molecular weight excluding hydrogens is 326 g/mol. The number of carbonyl (C=O) groups is 2. The third-order valence-electron chi connectivity index (χ3n) is 3.41. The number of rotatable bonds is 8. The average Bonchev–Trinajstić information content (AvgIpc) is 3.06. The Morgan fingerprint density at radius 3 is 2.76 bits per heavy atom. The van der Waals surface area contributed by atoms with Gasteiger partial charge in [0.1, 0.15) is 12.4 Å². The Hall–Kier alpha value is -3.10. The fraction of sp³-hybridized carbons (Fsp3) is 0.375. The lowest BCUT2D eigenvalue weighted by Gasteiger charge is -2.19. The molecule has 2 rings (SSSR count). The molecule has 0 saturated carbocycles. The molecule has 134 valence electrons. The summed E-state index contributed by atoms with van der Waals surface area (Å²) in [6.07, 6.45) is 0. The van der Waals surface area contributed by atoms with E-state index in [1.807, 2.05) is 30.3 Å². The molecule has 1 heterocycles. The van der Waals surface area contributed by atoms with E-state index < -0.39 is 11.9 Å². The first-order valence-electron chi connectivity index (χ1n) is 7.75. The quantitative estimate of drug-likeness (QED) is 0.661. The summed E-state index contributed by atoms with van der Waals surface area (Å²) in [7, 11) is 1.53. The van der Waals surface area contributed by atoms with Gasteiger partial charge in [0.05, 0.1) is 12.5 Å². The molecule has 0 bridgehead atoms. The summed E-state index contributed by atoms with van der Waals surface area (Å²) in [5.74, 6) is 0.0984. The topological polar surface area (TPSA) is 120 Å². The highest BCUT2D eigenvalue weighted by Gasteiger charge is 2.17. The zero-order valence-electron chi connectivity index (χ0n) is 14.1. The molecule has 0 fully saturated rings. The minimum atomic E-state index is -0.948. The molecule has 1 aromatic heterocycles. The standard InChI is InChI=1S/C16H21N5O4/c1-11(15(22)23)9-21(2)16(24)17-8-13-18-14(20-19-13)10-25-12-6-4-3-5-7-12/h3-7,11H,8-10H2,1-2H3,(H,17,24)(H,22,23)(H,18,19,20). The second-order valence-electron chi connectivity index (χ2n) is 5.58. The number of amides is 2. The predicted octanol–water partition coefficient (Wildman–Crippen LogP) is 1.25. The van der Waals surface area contributed by atoms with Crippen molar-refractivity contribution in [1.29, 1.82) is 0 Å². The molecule has 3 N–H and O–H groups in total. The summed E-state index contributed by atoms with van der Waals surface area (Å²) in [5.41, 5.74) is 0. The number of hydrogen-bond acceptors (Lipinski definition) is 5. The molecule has 0 aliphatic heterocycles. The zero-order chi connectivity index (χ0) is 18.2. The SMILES string of the molecule is CC(CN(C)C(=O)NCc1n[nH]c(COc2ccccc2)n1)C(=O)O. The molecule has 9 heteroatoms. The molecule has 0 saturated heterocycles. The van der Waals surface area contributed by atoms with Gasteiger partial charge in [-0.3, -0.25) is 9.89 Å². The molecule has 25 heavy (non-hydrogen) atoms. The smallest absolute Gasteiger partial charge is 0.317 e. The normalized spacial score (nSPS) is 11.6. The second-order valence-corrected chi connectivity index (χ2v) is 5.58. The number of carboxylic acids is 1. The van der Waals surface area contributed by atoms with Crippen LogP contribution in [0.5, 0.6) is 5.75 Å². The van der Waals surface area contributed by atoms with Crippen molar-refractivity contribution in [3.05, 3.63) is 42.0 Å². The van der Waals surface area contributed by atoms with Gasteiger partial charge in [-0.05, 0) is 12.1 Å². The van der Waals surface area contributed by atoms with E-state index in [-0.39, 0.29) is 25.7 Å². The van der Waals surface area contributed by atoms with Gasteiger partial charge in [-0.25, -0.2) is 9.78 Å². The Balaban J connectivity index is 1.77. The number of ether oxygens (including phenoxy) is 1. The first-order valence-corrected chi connectivity index (χ1v) is 7.75. The minimum absolute atomic E-state index is 0.116. The number of para-hydroxylation sites is 1. The van der Waals surface area contributed by atoms with Crippen LogP contribution in [0.2, 0.25) is 0 Å². The maximum absolute atomic E-state index is 11.9. The summed E-state index contributed by atoms with van der Waals surface area (Å²) >= 11 is 0. The van der Waals surface area contributed by atoms with E-state index in [1.54, 1.807) is 6.92 Å². The molecule has 0 spiro atoms. The third kappa shape index (κ3) is 5.79. The van der Waals surface area contributed by atoms with Crippen molar-refractivity contribution in [2.45, 2.75) is 20.1 Å². The lowest BCUT2D eigenvalue weighted by molar-refractivity contribution is -0.141. The Morgan fingerprint density at radius 2 is 2.08 bits per heavy atom. The Labute approximate surface area is 145 Å². The Morgan fingerprint density at radius 1 is 1.36 bits per heavy atom. The van der Waals surface area contributed by atoms with Crippen molar-refractivity contribution < 1.29 is 19.4 Å². The van der Waals surface area contributed by atoms with Gasteiger partial charge in [-0.2, -0.15) is 5.10 Å². The molecule has 2 amide bonds. The van der Waals surface area contributed by atoms with Crippen LogP contribution in [0.25, 0.3) is 0 Å². The Bertz CT molecular complexity index is 704. The number of H-pyrrole nitrogens is 1. The van der Waals surface area contributed by atoms with Gasteiger partial charge in [0, 0.05) is 13.6 Å². The van der Waals surface area contributed by atoms with Crippen LogP contribution in [0.15, 0.2) is 30.3 Å². The number of hydrogen-bond donors (Lipinski definition) is 3. The van der Waals surface area contributed by atoms with Crippen LogP contribution in [0.1, 0.15) is 18.6 Å². The number of nitrogens with one attached hydrogen (secondary N) is 2. The van der Waals surface area contributed by atoms with Gasteiger partial charge in [-0.1, -0.05) is 25.1 Å². The number of aliphatic carboxylic acids is 1. The maximum atomic E-state index is 11.9. The minimum Gasteiger partial charge on any atom is -0.486 e. The largest absolute Gasteiger partial charge is 0.486 e. The van der Waals surface area contributed by atoms with Crippen molar-refractivity contribution in [2.75, 3.05) is 13.6 Å². The maximum Gasteiger partial charge on any atom is 0.317 e. The molecule has 1 atom stereocenters. The first kappa shape index (κ1) is 18.2. The molecule has 0 aliphatic rings. The van der Waals surface area contributed by atoms with Crippen molar-refractivity contribution >= 4 is 12.0 Å². The highest BCUT2D eigenvalue weighted by molar-refractivity contribution is 5.75. The summed E-state index contributed by atoms with van der Waals surface area (Å²) in [4.78, 5) is 28.3. The number of aromatic amines is 1. The molecule has 9 nitrogen and oxygen atoms in total. The van der Waals surface area contributed by atoms with Crippen LogP contribution in [0.3, 0.4) is 0 Å². The van der Waals surface area contributed by atoms with E-state index in [2.05, 4.69) is 20.5 Å². The van der Waals surface area contributed by atoms with Crippen LogP contribution in [0, 0.1) is 5.92 Å². The van der Waals surface area contributed by atoms with E-state index in [4.69, 9.17) is 9.84 Å². The van der Waals surface area contributed by atoms with Crippen LogP contribution in [0.4, 0.5) is 4.79 Å². The molecule has 0 radical (unpaired) electrons. The van der Waals surface area contributed by atoms with Crippen LogP contribution in [-0.2, 0) is 17.9 Å². The number of nitrogens with zero attached hydrogens (tertiary/aromatic N) is 3. The molecular formula is C16H21N5O4. The summed E-state index contributed by atoms with van der Waals surface area (Å²) in [6, 6.07) is 8.93. The van der Waals surface area contributed by atoms with Gasteiger partial charge >= 0.3 is 12.0 Å². The highest BCUT2D eigenvalue weighted by Crippen LogP contribution is 2.09. The second kappa shape index (κ2) is 8.67. The van der Waals surface area contributed by atoms with E-state index in [1.165, 1.54) is 11.9 Å². The molecule has 1 unspecified atom stereocenters. The number of urea groups is 1. The molecule has 1 aromatic carbocycles. The first-order chi connectivity index (χ1) is 12.0. The van der Waals surface area contributed by atoms with Crippen LogP contribution < -0.4 is 10.1 Å². The van der Waals surface area contributed by atoms with E-state index >= 15 is 0 Å². The van der Waals surface area contributed by atoms with Crippen molar-refractivity contribution in [3.8, 4) is 5.75 Å².